The minimum atomic E-state index is -0.386. The van der Waals surface area contributed by atoms with Crippen molar-refractivity contribution in [2.75, 3.05) is 26.7 Å². The molecule has 2 atom stereocenters. The third-order valence-corrected chi connectivity index (χ3v) is 4.32. The number of amides is 2. The van der Waals surface area contributed by atoms with Gasteiger partial charge in [0.1, 0.15) is 11.8 Å². The fourth-order valence-electron chi connectivity index (χ4n) is 3.19. The Bertz CT molecular complexity index is 576. The van der Waals surface area contributed by atoms with Crippen molar-refractivity contribution in [3.05, 3.63) is 29.8 Å². The van der Waals surface area contributed by atoms with Gasteiger partial charge < -0.3 is 20.3 Å². The number of carbonyl (C=O) groups is 2. The smallest absolute Gasteiger partial charge is 0.245 e. The van der Waals surface area contributed by atoms with Crippen LogP contribution in [-0.2, 0) is 9.59 Å². The number of carbonyl (C=O) groups excluding carboxylic acids is 2. The lowest BCUT2D eigenvalue weighted by atomic mass is 10.0. The molecule has 0 saturated carbocycles. The Kier molecular flexibility index (Phi) is 4.29. The summed E-state index contributed by atoms with van der Waals surface area (Å²) in [5, 5.41) is 6.10. The Morgan fingerprint density at radius 1 is 1.36 bits per heavy atom. The lowest BCUT2D eigenvalue weighted by Crippen LogP contribution is -2.53. The molecule has 0 aliphatic carbocycles. The van der Waals surface area contributed by atoms with Gasteiger partial charge in [-0.1, -0.05) is 18.2 Å². The van der Waals surface area contributed by atoms with Crippen LogP contribution in [0.15, 0.2) is 24.3 Å². The predicted octanol–water partition coefficient (Wildman–Crippen LogP) is 0.447. The molecule has 2 aliphatic heterocycles. The summed E-state index contributed by atoms with van der Waals surface area (Å²) in [7, 11) is 1.64. The monoisotopic (exact) mass is 303 g/mol. The Balaban J connectivity index is 1.85. The SMILES string of the molecule is COc1ccccc1C1CNCCN1C(=O)C1CCC(=O)N1. The van der Waals surface area contributed by atoms with Gasteiger partial charge in [-0.3, -0.25) is 9.59 Å². The number of piperazine rings is 1. The zero-order valence-electron chi connectivity index (χ0n) is 12.7. The van der Waals surface area contributed by atoms with Crippen molar-refractivity contribution in [1.29, 1.82) is 0 Å². The fraction of sp³-hybridized carbons (Fsp3) is 0.500. The molecule has 2 fully saturated rings. The number of rotatable bonds is 3. The van der Waals surface area contributed by atoms with Crippen LogP contribution >= 0.6 is 0 Å². The number of nitrogens with one attached hydrogen (secondary N) is 2. The average molecular weight is 303 g/mol. The molecule has 1 aromatic rings. The Morgan fingerprint density at radius 2 is 2.18 bits per heavy atom. The van der Waals surface area contributed by atoms with Gasteiger partial charge in [-0.25, -0.2) is 0 Å². The van der Waals surface area contributed by atoms with E-state index in [-0.39, 0.29) is 23.9 Å². The van der Waals surface area contributed by atoms with Crippen LogP contribution in [0, 0.1) is 0 Å². The molecular weight excluding hydrogens is 282 g/mol. The minimum Gasteiger partial charge on any atom is -0.496 e. The number of methoxy groups -OCH3 is 1. The maximum atomic E-state index is 12.8. The second-order valence-corrected chi connectivity index (χ2v) is 5.65. The number of para-hydroxylation sites is 1. The Labute approximate surface area is 129 Å². The lowest BCUT2D eigenvalue weighted by Gasteiger charge is -2.38. The van der Waals surface area contributed by atoms with Crippen molar-refractivity contribution < 1.29 is 14.3 Å². The summed E-state index contributed by atoms with van der Waals surface area (Å²) in [5.74, 6) is 0.745. The van der Waals surface area contributed by atoms with Crippen molar-refractivity contribution in [3.63, 3.8) is 0 Å². The zero-order valence-corrected chi connectivity index (χ0v) is 12.7. The van der Waals surface area contributed by atoms with Gasteiger partial charge in [-0.2, -0.15) is 0 Å². The van der Waals surface area contributed by atoms with E-state index in [2.05, 4.69) is 10.6 Å². The molecule has 2 heterocycles. The summed E-state index contributed by atoms with van der Waals surface area (Å²) >= 11 is 0. The first-order valence-corrected chi connectivity index (χ1v) is 7.64. The van der Waals surface area contributed by atoms with Crippen LogP contribution in [0.1, 0.15) is 24.4 Å². The van der Waals surface area contributed by atoms with E-state index in [1.807, 2.05) is 29.2 Å². The van der Waals surface area contributed by atoms with Gasteiger partial charge in [0.15, 0.2) is 0 Å². The molecule has 0 bridgehead atoms. The van der Waals surface area contributed by atoms with E-state index in [0.717, 1.165) is 17.9 Å². The van der Waals surface area contributed by atoms with Gasteiger partial charge in [0.25, 0.3) is 0 Å². The molecule has 118 valence electrons. The highest BCUT2D eigenvalue weighted by atomic mass is 16.5. The number of benzene rings is 1. The maximum Gasteiger partial charge on any atom is 0.245 e. The molecule has 2 unspecified atom stereocenters. The van der Waals surface area contributed by atoms with Crippen LogP contribution in [0.4, 0.5) is 0 Å². The Hall–Kier alpha value is -2.08. The molecule has 2 aliphatic rings. The van der Waals surface area contributed by atoms with E-state index in [1.54, 1.807) is 7.11 Å². The van der Waals surface area contributed by atoms with Crippen molar-refractivity contribution in [1.82, 2.24) is 15.5 Å². The van der Waals surface area contributed by atoms with E-state index in [9.17, 15) is 9.59 Å². The molecule has 3 rings (SSSR count). The molecular formula is C16H21N3O3. The minimum absolute atomic E-state index is 0.00301. The van der Waals surface area contributed by atoms with Gasteiger partial charge in [0, 0.05) is 31.6 Å². The van der Waals surface area contributed by atoms with E-state index in [0.29, 0.717) is 25.9 Å². The molecule has 1 aromatic carbocycles. The van der Waals surface area contributed by atoms with Crippen molar-refractivity contribution >= 4 is 11.8 Å². The normalized spacial score (nSPS) is 25.0. The number of nitrogens with zero attached hydrogens (tertiary/aromatic N) is 1. The molecule has 6 heteroatoms. The van der Waals surface area contributed by atoms with Crippen LogP contribution in [0.5, 0.6) is 5.75 Å². The maximum absolute atomic E-state index is 12.8. The van der Waals surface area contributed by atoms with Crippen LogP contribution in [0.25, 0.3) is 0 Å². The van der Waals surface area contributed by atoms with Gasteiger partial charge in [0.2, 0.25) is 11.8 Å². The van der Waals surface area contributed by atoms with Gasteiger partial charge in [-0.05, 0) is 12.5 Å². The fourth-order valence-corrected chi connectivity index (χ4v) is 3.19. The van der Waals surface area contributed by atoms with E-state index in [1.165, 1.54) is 0 Å². The molecule has 0 spiro atoms. The van der Waals surface area contributed by atoms with Crippen LogP contribution in [-0.4, -0.2) is 49.5 Å². The summed E-state index contributed by atoms with van der Waals surface area (Å²) in [6.45, 7) is 2.08. The average Bonchev–Trinajstić information content (AvgIpc) is 3.00. The third-order valence-electron chi connectivity index (χ3n) is 4.32. The van der Waals surface area contributed by atoms with Crippen LogP contribution in [0.2, 0.25) is 0 Å². The van der Waals surface area contributed by atoms with E-state index in [4.69, 9.17) is 4.74 Å². The second-order valence-electron chi connectivity index (χ2n) is 5.65. The first kappa shape index (κ1) is 14.8. The first-order chi connectivity index (χ1) is 10.7. The zero-order chi connectivity index (χ0) is 15.5. The van der Waals surface area contributed by atoms with Gasteiger partial charge >= 0.3 is 0 Å². The predicted molar refractivity (Wildman–Crippen MR) is 81.5 cm³/mol. The quantitative estimate of drug-likeness (QED) is 0.850. The number of ether oxygens (including phenoxy) is 1. The van der Waals surface area contributed by atoms with Crippen LogP contribution < -0.4 is 15.4 Å². The topological polar surface area (TPSA) is 70.7 Å². The third kappa shape index (κ3) is 2.78. The van der Waals surface area contributed by atoms with E-state index < -0.39 is 0 Å². The molecule has 0 radical (unpaired) electrons. The molecule has 22 heavy (non-hydrogen) atoms. The van der Waals surface area contributed by atoms with E-state index >= 15 is 0 Å². The standard InChI is InChI=1S/C16H21N3O3/c1-22-14-5-3-2-4-11(14)13-10-17-8-9-19(13)16(21)12-6-7-15(20)18-12/h2-5,12-13,17H,6-10H2,1H3,(H,18,20). The first-order valence-electron chi connectivity index (χ1n) is 7.64. The van der Waals surface area contributed by atoms with Crippen molar-refractivity contribution in [2.24, 2.45) is 0 Å². The highest BCUT2D eigenvalue weighted by Gasteiger charge is 2.36. The van der Waals surface area contributed by atoms with Gasteiger partial charge in [0.05, 0.1) is 13.2 Å². The summed E-state index contributed by atoms with van der Waals surface area (Å²) in [4.78, 5) is 26.0. The second kappa shape index (κ2) is 6.36. The van der Waals surface area contributed by atoms with Gasteiger partial charge in [-0.15, -0.1) is 0 Å². The highest BCUT2D eigenvalue weighted by molar-refractivity contribution is 5.91. The molecule has 2 amide bonds. The van der Waals surface area contributed by atoms with Crippen molar-refractivity contribution in [3.8, 4) is 5.75 Å². The molecule has 0 aromatic heterocycles. The summed E-state index contributed by atoms with van der Waals surface area (Å²) in [6, 6.07) is 7.31. The summed E-state index contributed by atoms with van der Waals surface area (Å²) < 4.78 is 5.43. The summed E-state index contributed by atoms with van der Waals surface area (Å²) in [6.07, 6.45) is 1.02. The Morgan fingerprint density at radius 3 is 2.91 bits per heavy atom. The molecule has 6 nitrogen and oxygen atoms in total. The summed E-state index contributed by atoms with van der Waals surface area (Å²) in [5.41, 5.74) is 0.995. The molecule has 2 N–H and O–H groups in total. The highest BCUT2D eigenvalue weighted by Crippen LogP contribution is 2.31. The number of hydrogen-bond donors (Lipinski definition) is 2. The van der Waals surface area contributed by atoms with Crippen LogP contribution in [0.3, 0.4) is 0 Å². The lowest BCUT2D eigenvalue weighted by molar-refractivity contribution is -0.137. The van der Waals surface area contributed by atoms with Crippen molar-refractivity contribution in [2.45, 2.75) is 24.9 Å². The molecule has 2 saturated heterocycles. The number of hydrogen-bond acceptors (Lipinski definition) is 4. The largest absolute Gasteiger partial charge is 0.496 e.